The van der Waals surface area contributed by atoms with E-state index >= 15 is 0 Å². The van der Waals surface area contributed by atoms with Crippen molar-refractivity contribution in [1.29, 1.82) is 0 Å². The summed E-state index contributed by atoms with van der Waals surface area (Å²) >= 11 is 0. The SMILES string of the molecule is CC(C)CCCC(C)CC(=O)NC(Cc1ccccc1)C(=O)O.Cc1ccc(S(=O)(=O)O)cc1. The highest BCUT2D eigenvalue weighted by molar-refractivity contribution is 7.85. The van der Waals surface area contributed by atoms with Crippen LogP contribution in [0.1, 0.15) is 57.6 Å². The Morgan fingerprint density at radius 3 is 2.03 bits per heavy atom. The van der Waals surface area contributed by atoms with Gasteiger partial charge in [0.05, 0.1) is 4.90 Å². The van der Waals surface area contributed by atoms with Crippen molar-refractivity contribution < 1.29 is 27.7 Å². The normalized spacial score (nSPS) is 12.9. The van der Waals surface area contributed by atoms with Crippen molar-refractivity contribution in [2.75, 3.05) is 0 Å². The summed E-state index contributed by atoms with van der Waals surface area (Å²) in [6.45, 7) is 8.28. The number of carboxylic acids is 1. The van der Waals surface area contributed by atoms with Crippen LogP contribution in [-0.4, -0.2) is 36.0 Å². The fourth-order valence-corrected chi connectivity index (χ4v) is 3.79. The molecule has 0 spiro atoms. The highest BCUT2D eigenvalue weighted by Crippen LogP contribution is 2.15. The monoisotopic (exact) mass is 491 g/mol. The van der Waals surface area contributed by atoms with Gasteiger partial charge in [-0.1, -0.05) is 88.1 Å². The van der Waals surface area contributed by atoms with Gasteiger partial charge in [0.15, 0.2) is 0 Å². The molecule has 2 unspecified atom stereocenters. The van der Waals surface area contributed by atoms with Gasteiger partial charge in [0, 0.05) is 12.8 Å². The van der Waals surface area contributed by atoms with Gasteiger partial charge in [-0.25, -0.2) is 4.79 Å². The first-order valence-electron chi connectivity index (χ1n) is 11.5. The minimum atomic E-state index is -4.02. The van der Waals surface area contributed by atoms with Crippen LogP contribution in [0.25, 0.3) is 0 Å². The molecule has 0 heterocycles. The Bertz CT molecular complexity index is 988. The van der Waals surface area contributed by atoms with Crippen LogP contribution in [-0.2, 0) is 26.1 Å². The van der Waals surface area contributed by atoms with Gasteiger partial charge in [-0.05, 0) is 36.5 Å². The van der Waals surface area contributed by atoms with Gasteiger partial charge in [-0.15, -0.1) is 0 Å². The summed E-state index contributed by atoms with van der Waals surface area (Å²) in [5, 5.41) is 12.0. The number of hydrogen-bond donors (Lipinski definition) is 3. The number of carbonyl (C=O) groups is 2. The van der Waals surface area contributed by atoms with E-state index in [2.05, 4.69) is 19.2 Å². The molecule has 8 heteroatoms. The van der Waals surface area contributed by atoms with E-state index in [4.69, 9.17) is 4.55 Å². The van der Waals surface area contributed by atoms with Gasteiger partial charge in [0.2, 0.25) is 5.91 Å². The molecule has 0 saturated carbocycles. The first kappa shape index (κ1) is 29.3. The molecule has 0 aliphatic rings. The van der Waals surface area contributed by atoms with Crippen molar-refractivity contribution >= 4 is 22.0 Å². The first-order valence-corrected chi connectivity index (χ1v) is 12.9. The molecule has 2 rings (SSSR count). The molecule has 0 saturated heterocycles. The summed E-state index contributed by atoms with van der Waals surface area (Å²) in [5.74, 6) is -0.210. The van der Waals surface area contributed by atoms with Crippen LogP contribution in [0, 0.1) is 18.8 Å². The molecule has 3 N–H and O–H groups in total. The molecular weight excluding hydrogens is 454 g/mol. The maximum atomic E-state index is 12.1. The molecule has 0 fully saturated rings. The molecule has 7 nitrogen and oxygen atoms in total. The number of benzene rings is 2. The lowest BCUT2D eigenvalue weighted by atomic mass is 9.96. The summed E-state index contributed by atoms with van der Waals surface area (Å²) in [6, 6.07) is 14.5. The van der Waals surface area contributed by atoms with Crippen LogP contribution < -0.4 is 5.32 Å². The van der Waals surface area contributed by atoms with Crippen molar-refractivity contribution in [1.82, 2.24) is 5.32 Å². The average Bonchev–Trinajstić information content (AvgIpc) is 2.73. The molecule has 0 aliphatic heterocycles. The molecule has 1 amide bonds. The summed E-state index contributed by atoms with van der Waals surface area (Å²) in [7, 11) is -4.02. The Morgan fingerprint density at radius 1 is 0.941 bits per heavy atom. The standard InChI is InChI=1S/C19H29NO3.C7H8O3S/c1-14(2)8-7-9-15(3)12-18(21)20-17(19(22)23)13-16-10-5-4-6-11-16;1-6-2-4-7(5-3-6)11(8,9)10/h4-6,10-11,14-15,17H,7-9,12-13H2,1-3H3,(H,20,21)(H,22,23);2-5H,1H3,(H,8,9,10). The van der Waals surface area contributed by atoms with Gasteiger partial charge < -0.3 is 10.4 Å². The smallest absolute Gasteiger partial charge is 0.326 e. The summed E-state index contributed by atoms with van der Waals surface area (Å²) in [5.41, 5.74) is 1.86. The van der Waals surface area contributed by atoms with Crippen LogP contribution in [0.4, 0.5) is 0 Å². The van der Waals surface area contributed by atoms with E-state index in [1.54, 1.807) is 12.1 Å². The summed E-state index contributed by atoms with van der Waals surface area (Å²) < 4.78 is 29.6. The zero-order valence-electron chi connectivity index (χ0n) is 20.4. The Balaban J connectivity index is 0.000000437. The van der Waals surface area contributed by atoms with Crippen LogP contribution in [0.5, 0.6) is 0 Å². The number of aryl methyl sites for hydroxylation is 1. The predicted octanol–water partition coefficient (Wildman–Crippen LogP) is 4.89. The number of carbonyl (C=O) groups excluding carboxylic acids is 1. The molecule has 34 heavy (non-hydrogen) atoms. The minimum Gasteiger partial charge on any atom is -0.480 e. The van der Waals surface area contributed by atoms with E-state index in [1.807, 2.05) is 44.2 Å². The quantitative estimate of drug-likeness (QED) is 0.385. The Hall–Kier alpha value is -2.71. The number of amides is 1. The fourth-order valence-electron chi connectivity index (χ4n) is 3.31. The maximum absolute atomic E-state index is 12.1. The molecule has 188 valence electrons. The van der Waals surface area contributed by atoms with Crippen molar-refractivity contribution in [2.24, 2.45) is 11.8 Å². The summed E-state index contributed by atoms with van der Waals surface area (Å²) in [6.07, 6.45) is 3.97. The lowest BCUT2D eigenvalue weighted by Crippen LogP contribution is -2.42. The van der Waals surface area contributed by atoms with E-state index < -0.39 is 22.1 Å². The highest BCUT2D eigenvalue weighted by atomic mass is 32.2. The number of carboxylic acid groups (broad SMARTS) is 1. The van der Waals surface area contributed by atoms with Gasteiger partial charge in [-0.2, -0.15) is 8.42 Å². The molecule has 0 aromatic heterocycles. The second-order valence-corrected chi connectivity index (χ2v) is 10.5. The van der Waals surface area contributed by atoms with E-state index in [9.17, 15) is 23.1 Å². The lowest BCUT2D eigenvalue weighted by Gasteiger charge is -2.17. The molecule has 2 atom stereocenters. The summed E-state index contributed by atoms with van der Waals surface area (Å²) in [4.78, 5) is 23.4. The van der Waals surface area contributed by atoms with Crippen molar-refractivity contribution in [3.8, 4) is 0 Å². The van der Waals surface area contributed by atoms with Crippen LogP contribution in [0.15, 0.2) is 59.5 Å². The third-order valence-corrected chi connectivity index (χ3v) is 6.11. The average molecular weight is 492 g/mol. The van der Waals surface area contributed by atoms with Crippen molar-refractivity contribution in [3.05, 3.63) is 65.7 Å². The zero-order valence-corrected chi connectivity index (χ0v) is 21.2. The minimum absolute atomic E-state index is 0.0666. The molecule has 2 aromatic rings. The number of aliphatic carboxylic acids is 1. The topological polar surface area (TPSA) is 121 Å². The first-order chi connectivity index (χ1) is 15.9. The van der Waals surface area contributed by atoms with Gasteiger partial charge in [0.25, 0.3) is 10.1 Å². The van der Waals surface area contributed by atoms with Gasteiger partial charge in [0.1, 0.15) is 6.04 Å². The second kappa shape index (κ2) is 14.5. The largest absolute Gasteiger partial charge is 0.480 e. The lowest BCUT2D eigenvalue weighted by molar-refractivity contribution is -0.141. The van der Waals surface area contributed by atoms with Crippen LogP contribution in [0.2, 0.25) is 0 Å². The Labute approximate surface area is 203 Å². The third-order valence-electron chi connectivity index (χ3n) is 5.25. The Kier molecular flexibility index (Phi) is 12.5. The molecule has 0 bridgehead atoms. The number of rotatable bonds is 11. The predicted molar refractivity (Wildman–Crippen MR) is 133 cm³/mol. The molecule has 2 aromatic carbocycles. The van der Waals surface area contributed by atoms with E-state index in [0.717, 1.165) is 30.4 Å². The van der Waals surface area contributed by atoms with Crippen LogP contribution >= 0.6 is 0 Å². The highest BCUT2D eigenvalue weighted by Gasteiger charge is 2.21. The number of hydrogen-bond acceptors (Lipinski definition) is 4. The van der Waals surface area contributed by atoms with Crippen LogP contribution in [0.3, 0.4) is 0 Å². The van der Waals surface area contributed by atoms with Crippen molar-refractivity contribution in [2.45, 2.75) is 70.7 Å². The van der Waals surface area contributed by atoms with Crippen molar-refractivity contribution in [3.63, 3.8) is 0 Å². The second-order valence-electron chi connectivity index (χ2n) is 9.07. The Morgan fingerprint density at radius 2 is 1.53 bits per heavy atom. The maximum Gasteiger partial charge on any atom is 0.326 e. The fraction of sp³-hybridized carbons (Fsp3) is 0.462. The van der Waals surface area contributed by atoms with Gasteiger partial charge in [-0.3, -0.25) is 9.35 Å². The van der Waals surface area contributed by atoms with E-state index in [0.29, 0.717) is 18.8 Å². The van der Waals surface area contributed by atoms with E-state index in [1.165, 1.54) is 12.1 Å². The molecular formula is C26H37NO6S. The van der Waals surface area contributed by atoms with Gasteiger partial charge >= 0.3 is 5.97 Å². The number of nitrogens with one attached hydrogen (secondary N) is 1. The molecule has 0 aliphatic carbocycles. The van der Waals surface area contributed by atoms with E-state index in [-0.39, 0.29) is 16.7 Å². The molecule has 0 radical (unpaired) electrons. The zero-order chi connectivity index (χ0) is 25.7. The third kappa shape index (κ3) is 12.5.